The number of aryl methyl sites for hydroxylation is 1. The molecule has 3 aromatic rings. The second-order valence-electron chi connectivity index (χ2n) is 8.99. The SMILES string of the molecule is COCCCN1C(=O)C(=O)/C(=C(/O)c2ccc(OCc3cccc(C)c3)cc2)[C@H]1c1ccc([N+](=O)[O-])cc1. The Morgan fingerprint density at radius 1 is 1.05 bits per heavy atom. The number of methoxy groups -OCH3 is 1. The molecule has 1 N–H and O–H groups in total. The Morgan fingerprint density at radius 3 is 2.39 bits per heavy atom. The van der Waals surface area contributed by atoms with Crippen LogP contribution < -0.4 is 4.74 Å². The minimum atomic E-state index is -0.898. The van der Waals surface area contributed by atoms with E-state index in [1.807, 2.05) is 31.2 Å². The first-order chi connectivity index (χ1) is 18.3. The number of non-ortho nitro benzene ring substituents is 1. The smallest absolute Gasteiger partial charge is 0.295 e. The number of nitro groups is 1. The molecule has 0 aromatic heterocycles. The Kier molecular flexibility index (Phi) is 8.18. The van der Waals surface area contributed by atoms with Gasteiger partial charge in [0.2, 0.25) is 0 Å². The zero-order valence-corrected chi connectivity index (χ0v) is 21.1. The number of nitro benzene ring substituents is 1. The van der Waals surface area contributed by atoms with Crippen LogP contribution in [0.3, 0.4) is 0 Å². The molecule has 0 unspecified atom stereocenters. The molecule has 1 heterocycles. The summed E-state index contributed by atoms with van der Waals surface area (Å²) in [6.07, 6.45) is 0.472. The van der Waals surface area contributed by atoms with Crippen molar-refractivity contribution in [2.45, 2.75) is 26.0 Å². The largest absolute Gasteiger partial charge is 0.507 e. The van der Waals surface area contributed by atoms with Crippen LogP contribution in [0.5, 0.6) is 5.75 Å². The van der Waals surface area contributed by atoms with Crippen molar-refractivity contribution in [3.05, 3.63) is 111 Å². The molecule has 0 saturated carbocycles. The number of rotatable bonds is 10. The van der Waals surface area contributed by atoms with Gasteiger partial charge in [0.05, 0.1) is 16.5 Å². The highest BCUT2D eigenvalue weighted by atomic mass is 16.6. The van der Waals surface area contributed by atoms with Crippen LogP contribution in [-0.2, 0) is 20.9 Å². The van der Waals surface area contributed by atoms with Gasteiger partial charge in [-0.25, -0.2) is 0 Å². The molecule has 1 saturated heterocycles. The average molecular weight is 517 g/mol. The van der Waals surface area contributed by atoms with E-state index in [0.29, 0.717) is 36.5 Å². The molecule has 3 aromatic carbocycles. The van der Waals surface area contributed by atoms with Gasteiger partial charge in [0.25, 0.3) is 17.4 Å². The number of carbonyl (C=O) groups excluding carboxylic acids is 2. The van der Waals surface area contributed by atoms with E-state index >= 15 is 0 Å². The predicted octanol–water partition coefficient (Wildman–Crippen LogP) is 4.94. The molecule has 38 heavy (non-hydrogen) atoms. The zero-order valence-electron chi connectivity index (χ0n) is 21.1. The molecule has 9 heteroatoms. The Bertz CT molecular complexity index is 1360. The van der Waals surface area contributed by atoms with E-state index in [0.717, 1.165) is 11.1 Å². The Labute approximate surface area is 220 Å². The highest BCUT2D eigenvalue weighted by Crippen LogP contribution is 2.40. The minimum absolute atomic E-state index is 0.0744. The van der Waals surface area contributed by atoms with Crippen LogP contribution in [0.1, 0.15) is 34.7 Å². The highest BCUT2D eigenvalue weighted by molar-refractivity contribution is 6.46. The number of hydrogen-bond donors (Lipinski definition) is 1. The summed E-state index contributed by atoms with van der Waals surface area (Å²) in [5.41, 5.74) is 2.78. The van der Waals surface area contributed by atoms with E-state index in [2.05, 4.69) is 0 Å². The minimum Gasteiger partial charge on any atom is -0.507 e. The fourth-order valence-electron chi connectivity index (χ4n) is 4.45. The number of aliphatic hydroxyl groups is 1. The molecule has 1 atom stereocenters. The van der Waals surface area contributed by atoms with Crippen LogP contribution in [0.4, 0.5) is 5.69 Å². The number of benzene rings is 3. The molecule has 0 spiro atoms. The number of carbonyl (C=O) groups is 2. The molecular formula is C29H28N2O7. The van der Waals surface area contributed by atoms with Crippen molar-refractivity contribution >= 4 is 23.1 Å². The summed E-state index contributed by atoms with van der Waals surface area (Å²) in [7, 11) is 1.54. The van der Waals surface area contributed by atoms with Crippen molar-refractivity contribution in [3.8, 4) is 5.75 Å². The lowest BCUT2D eigenvalue weighted by molar-refractivity contribution is -0.384. The normalized spacial score (nSPS) is 16.6. The summed E-state index contributed by atoms with van der Waals surface area (Å²) in [6.45, 7) is 2.97. The maximum absolute atomic E-state index is 13.1. The summed E-state index contributed by atoms with van der Waals surface area (Å²) in [5.74, 6) is -1.31. The number of hydrogen-bond acceptors (Lipinski definition) is 7. The van der Waals surface area contributed by atoms with Gasteiger partial charge >= 0.3 is 0 Å². The van der Waals surface area contributed by atoms with Gasteiger partial charge in [-0.2, -0.15) is 0 Å². The zero-order chi connectivity index (χ0) is 27.2. The number of likely N-dealkylation sites (tertiary alicyclic amines) is 1. The average Bonchev–Trinajstić information content (AvgIpc) is 3.17. The lowest BCUT2D eigenvalue weighted by Crippen LogP contribution is -2.31. The number of nitrogens with zero attached hydrogens (tertiary/aromatic N) is 2. The van der Waals surface area contributed by atoms with Gasteiger partial charge in [-0.15, -0.1) is 0 Å². The summed E-state index contributed by atoms with van der Waals surface area (Å²) >= 11 is 0. The number of ketones is 1. The van der Waals surface area contributed by atoms with Crippen molar-refractivity contribution < 1.29 is 29.1 Å². The highest BCUT2D eigenvalue weighted by Gasteiger charge is 2.45. The van der Waals surface area contributed by atoms with E-state index in [1.165, 1.54) is 36.3 Å². The van der Waals surface area contributed by atoms with Gasteiger partial charge in [-0.05, 0) is 60.9 Å². The molecule has 9 nitrogen and oxygen atoms in total. The first-order valence-electron chi connectivity index (χ1n) is 12.1. The molecular weight excluding hydrogens is 488 g/mol. The van der Waals surface area contributed by atoms with E-state index in [9.17, 15) is 24.8 Å². The fraction of sp³-hybridized carbons (Fsp3) is 0.241. The summed E-state index contributed by atoms with van der Waals surface area (Å²) in [6, 6.07) is 19.3. The van der Waals surface area contributed by atoms with Crippen molar-refractivity contribution in [2.24, 2.45) is 0 Å². The van der Waals surface area contributed by atoms with Crippen LogP contribution >= 0.6 is 0 Å². The summed E-state index contributed by atoms with van der Waals surface area (Å²) in [5, 5.41) is 22.3. The monoisotopic (exact) mass is 516 g/mol. The lowest BCUT2D eigenvalue weighted by atomic mass is 9.95. The van der Waals surface area contributed by atoms with Crippen molar-refractivity contribution in [2.75, 3.05) is 20.3 Å². The Morgan fingerprint density at radius 2 is 1.76 bits per heavy atom. The molecule has 196 valence electrons. The quantitative estimate of drug-likeness (QED) is 0.101. The molecule has 0 radical (unpaired) electrons. The second kappa shape index (κ2) is 11.7. The molecule has 1 aliphatic rings. The van der Waals surface area contributed by atoms with Crippen LogP contribution in [0.25, 0.3) is 5.76 Å². The number of aliphatic hydroxyl groups excluding tert-OH is 1. The topological polar surface area (TPSA) is 119 Å². The van der Waals surface area contributed by atoms with Crippen LogP contribution in [0, 0.1) is 17.0 Å². The van der Waals surface area contributed by atoms with Gasteiger partial charge in [-0.3, -0.25) is 19.7 Å². The third-order valence-corrected chi connectivity index (χ3v) is 6.32. The predicted molar refractivity (Wildman–Crippen MR) is 141 cm³/mol. The van der Waals surface area contributed by atoms with E-state index in [4.69, 9.17) is 9.47 Å². The van der Waals surface area contributed by atoms with E-state index < -0.39 is 22.7 Å². The third kappa shape index (κ3) is 5.73. The van der Waals surface area contributed by atoms with Gasteiger partial charge in [-0.1, -0.05) is 29.8 Å². The molecule has 4 rings (SSSR count). The Hall–Kier alpha value is -4.50. The fourth-order valence-corrected chi connectivity index (χ4v) is 4.45. The van der Waals surface area contributed by atoms with Crippen LogP contribution in [0.2, 0.25) is 0 Å². The summed E-state index contributed by atoms with van der Waals surface area (Å²) < 4.78 is 10.9. The van der Waals surface area contributed by atoms with Crippen molar-refractivity contribution in [1.29, 1.82) is 0 Å². The second-order valence-corrected chi connectivity index (χ2v) is 8.99. The van der Waals surface area contributed by atoms with Gasteiger partial charge in [0.1, 0.15) is 18.1 Å². The van der Waals surface area contributed by atoms with Crippen molar-refractivity contribution in [3.63, 3.8) is 0 Å². The summed E-state index contributed by atoms with van der Waals surface area (Å²) in [4.78, 5) is 38.0. The molecule has 1 fully saturated rings. The molecule has 0 aliphatic carbocycles. The maximum atomic E-state index is 13.1. The molecule has 1 aliphatic heterocycles. The van der Waals surface area contributed by atoms with Crippen LogP contribution in [0.15, 0.2) is 78.4 Å². The van der Waals surface area contributed by atoms with Crippen LogP contribution in [-0.4, -0.2) is 46.9 Å². The van der Waals surface area contributed by atoms with E-state index in [-0.39, 0.29) is 23.6 Å². The van der Waals surface area contributed by atoms with Crippen molar-refractivity contribution in [1.82, 2.24) is 4.90 Å². The van der Waals surface area contributed by atoms with Gasteiger partial charge in [0, 0.05) is 38.0 Å². The number of ether oxygens (including phenoxy) is 2. The maximum Gasteiger partial charge on any atom is 0.295 e. The van der Waals surface area contributed by atoms with Gasteiger partial charge < -0.3 is 19.5 Å². The molecule has 0 bridgehead atoms. The lowest BCUT2D eigenvalue weighted by Gasteiger charge is -2.25. The standard InChI is InChI=1S/C29H28N2O7/c1-19-5-3-6-20(17-19)18-38-24-13-9-22(10-14-24)27(32)25-26(21-7-11-23(12-8-21)31(35)36)30(15-4-16-37-2)29(34)28(25)33/h3,5-14,17,26,32H,4,15-16,18H2,1-2H3/b27-25+/t26-/m1/s1. The number of amides is 1. The first-order valence-corrected chi connectivity index (χ1v) is 12.1. The third-order valence-electron chi connectivity index (χ3n) is 6.32. The van der Waals surface area contributed by atoms with Gasteiger partial charge in [0.15, 0.2) is 0 Å². The van der Waals surface area contributed by atoms with E-state index in [1.54, 1.807) is 24.3 Å². The Balaban J connectivity index is 1.64. The first kappa shape index (κ1) is 26.6. The number of Topliss-reactive ketones (excluding diaryl/α,β-unsaturated/α-hetero) is 1. The molecule has 1 amide bonds.